The third kappa shape index (κ3) is 3.35. The predicted octanol–water partition coefficient (Wildman–Crippen LogP) is 3.48. The molecule has 0 atom stereocenters. The number of likely N-dealkylation sites (tertiary alicyclic amines) is 1. The van der Waals surface area contributed by atoms with E-state index in [2.05, 4.69) is 19.1 Å². The number of carbonyl (C=O) groups excluding carboxylic acids is 1. The minimum atomic E-state index is 0.173. The molecule has 1 aliphatic heterocycles. The van der Waals surface area contributed by atoms with Crippen LogP contribution in [0.5, 0.6) is 0 Å². The molecule has 4 heterocycles. The van der Waals surface area contributed by atoms with Crippen molar-refractivity contribution in [3.05, 3.63) is 72.3 Å². The van der Waals surface area contributed by atoms with Gasteiger partial charge in [0.1, 0.15) is 11.5 Å². The summed E-state index contributed by atoms with van der Waals surface area (Å²) in [6, 6.07) is 10.5. The summed E-state index contributed by atoms with van der Waals surface area (Å²) in [4.78, 5) is 24.1. The van der Waals surface area contributed by atoms with Gasteiger partial charge in [-0.25, -0.2) is 4.98 Å². The Kier molecular flexibility index (Phi) is 4.47. The fourth-order valence-corrected chi connectivity index (χ4v) is 4.23. The minimum Gasteiger partial charge on any atom is -0.340 e. The lowest BCUT2D eigenvalue weighted by Crippen LogP contribution is -2.39. The first-order valence-electron chi connectivity index (χ1n) is 10.2. The second kappa shape index (κ2) is 7.26. The smallest absolute Gasteiger partial charge is 0.270 e. The third-order valence-electron chi connectivity index (χ3n) is 5.89. The number of aromatic nitrogens is 4. The molecule has 3 aromatic heterocycles. The molecule has 0 bridgehead atoms. The zero-order valence-corrected chi connectivity index (χ0v) is 15.9. The largest absolute Gasteiger partial charge is 0.340 e. The Morgan fingerprint density at radius 1 is 0.964 bits per heavy atom. The molecule has 6 nitrogen and oxygen atoms in total. The molecule has 1 saturated carbocycles. The molecule has 0 radical (unpaired) electrons. The van der Waals surface area contributed by atoms with Gasteiger partial charge in [-0.3, -0.25) is 9.78 Å². The number of pyridine rings is 1. The maximum Gasteiger partial charge on any atom is 0.270 e. The molecule has 144 valence electrons. The second-order valence-corrected chi connectivity index (χ2v) is 7.83. The number of hydrogen-bond donors (Lipinski definition) is 0. The fourth-order valence-electron chi connectivity index (χ4n) is 4.23. The van der Waals surface area contributed by atoms with Crippen molar-refractivity contribution in [2.24, 2.45) is 0 Å². The van der Waals surface area contributed by atoms with Crippen LogP contribution in [0.15, 0.2) is 55.1 Å². The van der Waals surface area contributed by atoms with Gasteiger partial charge in [0.05, 0.1) is 12.2 Å². The highest BCUT2D eigenvalue weighted by molar-refractivity contribution is 5.93. The standard InChI is InChI=1S/C22H25N5O/c28-22(20-5-3-12-27(20)19-6-7-19)25-13-8-17(9-14-25)21-24-11-15-26(21)16-18-4-1-2-10-23-18/h1-5,10-12,15,17,19H,6-9,13-14,16H2. The molecule has 0 N–H and O–H groups in total. The van der Waals surface area contributed by atoms with E-state index in [-0.39, 0.29) is 5.91 Å². The van der Waals surface area contributed by atoms with Crippen LogP contribution < -0.4 is 0 Å². The Morgan fingerprint density at radius 3 is 2.57 bits per heavy atom. The summed E-state index contributed by atoms with van der Waals surface area (Å²) in [5.41, 5.74) is 1.88. The molecule has 1 aliphatic carbocycles. The molecule has 0 spiro atoms. The highest BCUT2D eigenvalue weighted by Gasteiger charge is 2.31. The second-order valence-electron chi connectivity index (χ2n) is 7.83. The first-order chi connectivity index (χ1) is 13.8. The molecule has 2 aliphatic rings. The molecule has 3 aromatic rings. The highest BCUT2D eigenvalue weighted by Crippen LogP contribution is 2.36. The Labute approximate surface area is 164 Å². The normalized spacial score (nSPS) is 17.8. The number of hydrogen-bond acceptors (Lipinski definition) is 3. The number of amides is 1. The molecule has 6 heteroatoms. The average Bonchev–Trinajstić information content (AvgIpc) is 3.28. The van der Waals surface area contributed by atoms with E-state index in [0.29, 0.717) is 12.0 Å². The molecule has 1 amide bonds. The molecular formula is C22H25N5O. The SMILES string of the molecule is O=C(c1cccn1C1CC1)N1CCC(c2nccn2Cc2ccccn2)CC1. The number of imidazole rings is 1. The first kappa shape index (κ1) is 17.2. The van der Waals surface area contributed by atoms with Crippen molar-refractivity contribution in [1.29, 1.82) is 0 Å². The van der Waals surface area contributed by atoms with Crippen LogP contribution in [0.4, 0.5) is 0 Å². The van der Waals surface area contributed by atoms with Gasteiger partial charge in [-0.05, 0) is 49.9 Å². The molecule has 28 heavy (non-hydrogen) atoms. The highest BCUT2D eigenvalue weighted by atomic mass is 16.2. The molecule has 0 aromatic carbocycles. The van der Waals surface area contributed by atoms with Crippen LogP contribution >= 0.6 is 0 Å². The molecule has 5 rings (SSSR count). The van der Waals surface area contributed by atoms with Gasteiger partial charge in [0, 0.05) is 49.8 Å². The zero-order chi connectivity index (χ0) is 18.9. The van der Waals surface area contributed by atoms with Gasteiger partial charge in [-0.2, -0.15) is 0 Å². The van der Waals surface area contributed by atoms with Crippen LogP contribution in [0.3, 0.4) is 0 Å². The van der Waals surface area contributed by atoms with Crippen molar-refractivity contribution >= 4 is 5.91 Å². The maximum absolute atomic E-state index is 13.0. The maximum atomic E-state index is 13.0. The molecular weight excluding hydrogens is 350 g/mol. The van der Waals surface area contributed by atoms with Gasteiger partial charge in [0.15, 0.2) is 0 Å². The fraction of sp³-hybridized carbons (Fsp3) is 0.409. The van der Waals surface area contributed by atoms with E-state index in [1.54, 1.807) is 0 Å². The van der Waals surface area contributed by atoms with E-state index in [0.717, 1.165) is 49.7 Å². The quantitative estimate of drug-likeness (QED) is 0.686. The van der Waals surface area contributed by atoms with Crippen LogP contribution in [0.2, 0.25) is 0 Å². The van der Waals surface area contributed by atoms with E-state index in [1.807, 2.05) is 60.0 Å². The van der Waals surface area contributed by atoms with Gasteiger partial charge >= 0.3 is 0 Å². The first-order valence-corrected chi connectivity index (χ1v) is 10.2. The van der Waals surface area contributed by atoms with E-state index in [9.17, 15) is 4.79 Å². The molecule has 0 unspecified atom stereocenters. The zero-order valence-electron chi connectivity index (χ0n) is 15.9. The van der Waals surface area contributed by atoms with E-state index in [1.165, 1.54) is 12.8 Å². The lowest BCUT2D eigenvalue weighted by molar-refractivity contribution is 0.0699. The van der Waals surface area contributed by atoms with Gasteiger partial charge < -0.3 is 14.0 Å². The summed E-state index contributed by atoms with van der Waals surface area (Å²) in [7, 11) is 0. The average molecular weight is 375 g/mol. The number of carbonyl (C=O) groups is 1. The molecule has 1 saturated heterocycles. The summed E-state index contributed by atoms with van der Waals surface area (Å²) in [6.07, 6.45) is 12.1. The van der Waals surface area contributed by atoms with Crippen LogP contribution in [0.25, 0.3) is 0 Å². The van der Waals surface area contributed by atoms with Gasteiger partial charge in [-0.15, -0.1) is 0 Å². The minimum absolute atomic E-state index is 0.173. The lowest BCUT2D eigenvalue weighted by Gasteiger charge is -2.32. The van der Waals surface area contributed by atoms with Gasteiger partial charge in [-0.1, -0.05) is 6.07 Å². The Morgan fingerprint density at radius 2 is 1.82 bits per heavy atom. The van der Waals surface area contributed by atoms with Crippen molar-refractivity contribution < 1.29 is 4.79 Å². The van der Waals surface area contributed by atoms with Crippen molar-refractivity contribution in [3.63, 3.8) is 0 Å². The summed E-state index contributed by atoms with van der Waals surface area (Å²) in [6.45, 7) is 2.32. The predicted molar refractivity (Wildman–Crippen MR) is 106 cm³/mol. The number of rotatable bonds is 5. The number of piperidine rings is 1. The van der Waals surface area contributed by atoms with E-state index < -0.39 is 0 Å². The van der Waals surface area contributed by atoms with Crippen LogP contribution in [-0.4, -0.2) is 43.0 Å². The third-order valence-corrected chi connectivity index (χ3v) is 5.89. The van der Waals surface area contributed by atoms with Crippen LogP contribution in [0.1, 0.15) is 59.6 Å². The van der Waals surface area contributed by atoms with Crippen molar-refractivity contribution in [2.75, 3.05) is 13.1 Å². The van der Waals surface area contributed by atoms with Crippen molar-refractivity contribution in [2.45, 2.75) is 44.2 Å². The Balaban J connectivity index is 1.25. The topological polar surface area (TPSA) is 56.0 Å². The Bertz CT molecular complexity index is 948. The summed E-state index contributed by atoms with van der Waals surface area (Å²) in [5.74, 6) is 1.67. The monoisotopic (exact) mass is 375 g/mol. The van der Waals surface area contributed by atoms with Gasteiger partial charge in [0.2, 0.25) is 0 Å². The molecule has 2 fully saturated rings. The van der Waals surface area contributed by atoms with Crippen molar-refractivity contribution in [1.82, 2.24) is 24.0 Å². The van der Waals surface area contributed by atoms with Crippen LogP contribution in [-0.2, 0) is 6.54 Å². The van der Waals surface area contributed by atoms with Crippen molar-refractivity contribution in [3.8, 4) is 0 Å². The number of nitrogens with zero attached hydrogens (tertiary/aromatic N) is 5. The summed E-state index contributed by atoms with van der Waals surface area (Å²) < 4.78 is 4.36. The summed E-state index contributed by atoms with van der Waals surface area (Å²) >= 11 is 0. The summed E-state index contributed by atoms with van der Waals surface area (Å²) in [5, 5.41) is 0. The van der Waals surface area contributed by atoms with E-state index in [4.69, 9.17) is 0 Å². The Hall–Kier alpha value is -2.89. The van der Waals surface area contributed by atoms with E-state index >= 15 is 0 Å². The lowest BCUT2D eigenvalue weighted by atomic mass is 9.95. The van der Waals surface area contributed by atoms with Crippen LogP contribution in [0, 0.1) is 0 Å². The van der Waals surface area contributed by atoms with Gasteiger partial charge in [0.25, 0.3) is 5.91 Å².